The molecule has 1 heterocycles. The molecule has 0 amide bonds. The Morgan fingerprint density at radius 2 is 1.89 bits per heavy atom. The van der Waals surface area contributed by atoms with Crippen LogP contribution in [0.15, 0.2) is 36.7 Å². The molecule has 0 fully saturated rings. The van der Waals surface area contributed by atoms with E-state index in [2.05, 4.69) is 60.4 Å². The first-order chi connectivity index (χ1) is 9.16. The minimum atomic E-state index is 0.311. The fourth-order valence-electron chi connectivity index (χ4n) is 2.03. The summed E-state index contributed by atoms with van der Waals surface area (Å²) in [5.41, 5.74) is 1.29. The van der Waals surface area contributed by atoms with Gasteiger partial charge in [0.25, 0.3) is 0 Å². The lowest BCUT2D eigenvalue weighted by atomic mass is 10.1. The molecule has 0 aliphatic carbocycles. The van der Waals surface area contributed by atoms with Gasteiger partial charge in [-0.05, 0) is 18.4 Å². The Bertz CT molecular complexity index is 490. The molecule has 102 valence electrons. The number of hydrogen-bond donors (Lipinski definition) is 1. The van der Waals surface area contributed by atoms with Crippen LogP contribution in [0.2, 0.25) is 0 Å². The number of benzene rings is 1. The second kappa shape index (κ2) is 6.48. The van der Waals surface area contributed by atoms with E-state index in [1.807, 2.05) is 10.7 Å². The Morgan fingerprint density at radius 3 is 2.58 bits per heavy atom. The molecule has 0 saturated carbocycles. The van der Waals surface area contributed by atoms with Crippen LogP contribution in [0.4, 0.5) is 0 Å². The fourth-order valence-corrected chi connectivity index (χ4v) is 2.03. The highest BCUT2D eigenvalue weighted by Crippen LogP contribution is 2.12. The van der Waals surface area contributed by atoms with Gasteiger partial charge in [-0.1, -0.05) is 44.2 Å². The summed E-state index contributed by atoms with van der Waals surface area (Å²) in [6.45, 7) is 8.19. The molecule has 1 atom stereocenters. The molecule has 2 aromatic rings. The van der Waals surface area contributed by atoms with E-state index >= 15 is 0 Å². The van der Waals surface area contributed by atoms with Crippen molar-refractivity contribution in [1.82, 2.24) is 20.1 Å². The zero-order chi connectivity index (χ0) is 13.7. The van der Waals surface area contributed by atoms with Crippen LogP contribution in [0, 0.1) is 5.92 Å². The van der Waals surface area contributed by atoms with Crippen molar-refractivity contribution in [1.29, 1.82) is 0 Å². The lowest BCUT2D eigenvalue weighted by Gasteiger charge is -2.14. The number of nitrogens with zero attached hydrogens (tertiary/aromatic N) is 3. The molecule has 0 radical (unpaired) electrons. The Balaban J connectivity index is 1.94. The molecule has 1 aromatic heterocycles. The van der Waals surface area contributed by atoms with Crippen LogP contribution in [0.5, 0.6) is 0 Å². The molecule has 0 aliphatic heterocycles. The number of hydrogen-bond acceptors (Lipinski definition) is 3. The predicted octanol–water partition coefficient (Wildman–Crippen LogP) is 2.78. The van der Waals surface area contributed by atoms with Gasteiger partial charge in [-0.2, -0.15) is 5.10 Å². The molecule has 2 rings (SSSR count). The highest BCUT2D eigenvalue weighted by atomic mass is 15.3. The van der Waals surface area contributed by atoms with E-state index in [0.717, 1.165) is 18.9 Å². The van der Waals surface area contributed by atoms with E-state index < -0.39 is 0 Å². The molecule has 4 heteroatoms. The molecule has 4 nitrogen and oxygen atoms in total. The molecule has 0 bridgehead atoms. The lowest BCUT2D eigenvalue weighted by Crippen LogP contribution is -2.21. The number of aromatic nitrogens is 3. The second-order valence-corrected chi connectivity index (χ2v) is 5.27. The molecular weight excluding hydrogens is 236 g/mol. The molecule has 1 aromatic carbocycles. The number of rotatable bonds is 6. The molecule has 0 aliphatic rings. The van der Waals surface area contributed by atoms with Gasteiger partial charge in [-0.3, -0.25) is 0 Å². The summed E-state index contributed by atoms with van der Waals surface area (Å²) in [6, 6.07) is 10.7. The molecule has 0 spiro atoms. The van der Waals surface area contributed by atoms with Crippen molar-refractivity contribution in [3.05, 3.63) is 48.0 Å². The molecule has 0 unspecified atom stereocenters. The Morgan fingerprint density at radius 1 is 1.16 bits per heavy atom. The zero-order valence-corrected chi connectivity index (χ0v) is 11.9. The summed E-state index contributed by atoms with van der Waals surface area (Å²) in [5, 5.41) is 7.76. The van der Waals surface area contributed by atoms with Gasteiger partial charge < -0.3 is 5.32 Å². The average Bonchev–Trinajstić information content (AvgIpc) is 2.83. The summed E-state index contributed by atoms with van der Waals surface area (Å²) >= 11 is 0. The van der Waals surface area contributed by atoms with Crippen LogP contribution in [0.25, 0.3) is 0 Å². The van der Waals surface area contributed by atoms with Gasteiger partial charge in [0.2, 0.25) is 0 Å². The van der Waals surface area contributed by atoms with Crippen molar-refractivity contribution in [3.8, 4) is 0 Å². The maximum Gasteiger partial charge on any atom is 0.140 e. The van der Waals surface area contributed by atoms with Crippen LogP contribution in [0.3, 0.4) is 0 Å². The van der Waals surface area contributed by atoms with E-state index in [0.29, 0.717) is 12.0 Å². The quantitative estimate of drug-likeness (QED) is 0.866. The van der Waals surface area contributed by atoms with Gasteiger partial charge in [-0.15, -0.1) is 0 Å². The summed E-state index contributed by atoms with van der Waals surface area (Å²) in [7, 11) is 0. The van der Waals surface area contributed by atoms with E-state index in [1.165, 1.54) is 5.56 Å². The minimum absolute atomic E-state index is 0.311. The Kier molecular flexibility index (Phi) is 4.68. The lowest BCUT2D eigenvalue weighted by molar-refractivity contribution is 0.449. The highest BCUT2D eigenvalue weighted by molar-refractivity contribution is 5.18. The normalized spacial score (nSPS) is 12.8. The maximum absolute atomic E-state index is 4.32. The van der Waals surface area contributed by atoms with E-state index in [4.69, 9.17) is 0 Å². The van der Waals surface area contributed by atoms with Crippen LogP contribution in [-0.2, 0) is 13.1 Å². The monoisotopic (exact) mass is 258 g/mol. The summed E-state index contributed by atoms with van der Waals surface area (Å²) in [5.74, 6) is 1.57. The van der Waals surface area contributed by atoms with Crippen LogP contribution in [-0.4, -0.2) is 14.8 Å². The standard InChI is InChI=1S/C15H22N4/c1-12(2)10-19-15(17-11-18-19)9-16-13(3)14-7-5-4-6-8-14/h4-8,11-13,16H,9-10H2,1-3H3/t13-/m1/s1. The third kappa shape index (κ3) is 3.89. The van der Waals surface area contributed by atoms with Gasteiger partial charge in [-0.25, -0.2) is 9.67 Å². The molecule has 1 N–H and O–H groups in total. The van der Waals surface area contributed by atoms with Gasteiger partial charge in [0.05, 0.1) is 6.54 Å². The summed E-state index contributed by atoms with van der Waals surface area (Å²) < 4.78 is 1.98. The minimum Gasteiger partial charge on any atom is -0.303 e. The van der Waals surface area contributed by atoms with Gasteiger partial charge in [0.1, 0.15) is 12.2 Å². The average molecular weight is 258 g/mol. The molecule has 0 saturated heterocycles. The van der Waals surface area contributed by atoms with Crippen molar-refractivity contribution in [2.24, 2.45) is 5.92 Å². The van der Waals surface area contributed by atoms with Crippen molar-refractivity contribution in [3.63, 3.8) is 0 Å². The first-order valence-corrected chi connectivity index (χ1v) is 6.82. The number of nitrogens with one attached hydrogen (secondary N) is 1. The smallest absolute Gasteiger partial charge is 0.140 e. The predicted molar refractivity (Wildman–Crippen MR) is 76.6 cm³/mol. The van der Waals surface area contributed by atoms with E-state index in [9.17, 15) is 0 Å². The van der Waals surface area contributed by atoms with Gasteiger partial charge in [0, 0.05) is 12.6 Å². The Labute approximate surface area is 114 Å². The first kappa shape index (κ1) is 13.7. The third-order valence-corrected chi connectivity index (χ3v) is 3.10. The largest absolute Gasteiger partial charge is 0.303 e. The van der Waals surface area contributed by atoms with Crippen molar-refractivity contribution < 1.29 is 0 Å². The van der Waals surface area contributed by atoms with E-state index in [1.54, 1.807) is 6.33 Å². The molecular formula is C15H22N4. The van der Waals surface area contributed by atoms with Crippen molar-refractivity contribution in [2.45, 2.75) is 39.9 Å². The zero-order valence-electron chi connectivity index (χ0n) is 11.9. The topological polar surface area (TPSA) is 42.7 Å². The van der Waals surface area contributed by atoms with Crippen molar-refractivity contribution >= 4 is 0 Å². The van der Waals surface area contributed by atoms with Crippen LogP contribution in [0.1, 0.15) is 38.2 Å². The fraction of sp³-hybridized carbons (Fsp3) is 0.467. The SMILES string of the molecule is CC(C)Cn1ncnc1CN[C@H](C)c1ccccc1. The molecule has 19 heavy (non-hydrogen) atoms. The Hall–Kier alpha value is -1.68. The maximum atomic E-state index is 4.32. The summed E-state index contributed by atoms with van der Waals surface area (Å²) in [6.07, 6.45) is 1.63. The first-order valence-electron chi connectivity index (χ1n) is 6.82. The van der Waals surface area contributed by atoms with Gasteiger partial charge in [0.15, 0.2) is 0 Å². The van der Waals surface area contributed by atoms with E-state index in [-0.39, 0.29) is 0 Å². The second-order valence-electron chi connectivity index (χ2n) is 5.27. The highest BCUT2D eigenvalue weighted by Gasteiger charge is 2.09. The van der Waals surface area contributed by atoms with Crippen LogP contribution >= 0.6 is 0 Å². The van der Waals surface area contributed by atoms with Gasteiger partial charge >= 0.3 is 0 Å². The third-order valence-electron chi connectivity index (χ3n) is 3.10. The van der Waals surface area contributed by atoms with Crippen LogP contribution < -0.4 is 5.32 Å². The van der Waals surface area contributed by atoms with Crippen molar-refractivity contribution in [2.75, 3.05) is 0 Å². The summed E-state index contributed by atoms with van der Waals surface area (Å²) in [4.78, 5) is 4.32.